The molecule has 0 spiro atoms. The average Bonchev–Trinajstić information content (AvgIpc) is 2.36. The molecule has 0 aromatic rings. The van der Waals surface area contributed by atoms with Crippen molar-refractivity contribution in [3.8, 4) is 0 Å². The Morgan fingerprint density at radius 2 is 1.33 bits per heavy atom. The molecule has 0 aliphatic rings. The number of unbranched alkanes of at least 4 members (excludes halogenated alkanes) is 9. The molecule has 0 radical (unpaired) electrons. The van der Waals surface area contributed by atoms with E-state index in [1.165, 1.54) is 44.9 Å². The minimum absolute atomic E-state index is 0.144. The highest BCUT2D eigenvalue weighted by Crippen LogP contribution is 2.41. The number of rotatable bonds is 13. The van der Waals surface area contributed by atoms with E-state index in [1.54, 1.807) is 0 Å². The molecule has 0 aliphatic heterocycles. The van der Waals surface area contributed by atoms with Crippen molar-refractivity contribution in [3.05, 3.63) is 0 Å². The van der Waals surface area contributed by atoms with Crippen LogP contribution in [0.15, 0.2) is 0 Å². The monoisotopic (exact) mass is 282 g/mol. The molecule has 18 heavy (non-hydrogen) atoms. The molecule has 6 heteroatoms. The third-order valence-electron chi connectivity index (χ3n) is 2.86. The van der Waals surface area contributed by atoms with E-state index < -0.39 is 7.82 Å². The molecule has 0 saturated carbocycles. The molecular weight excluding hydrogens is 255 g/mol. The Morgan fingerprint density at radius 1 is 0.889 bits per heavy atom. The number of hydrogen-bond acceptors (Lipinski definition) is 4. The Balaban J connectivity index is 3.10. The quantitative estimate of drug-likeness (QED) is 0.225. The first kappa shape index (κ1) is 18.1. The summed E-state index contributed by atoms with van der Waals surface area (Å²) in [4.78, 5) is 8.73. The Hall–Kier alpha value is 0.0700. The van der Waals surface area contributed by atoms with Gasteiger partial charge in [-0.05, 0) is 6.42 Å². The third kappa shape index (κ3) is 12.5. The Morgan fingerprint density at radius 3 is 1.78 bits per heavy atom. The lowest BCUT2D eigenvalue weighted by atomic mass is 10.1. The SMILES string of the molecule is CCCCCCCCCCCCOP(=O)(O)OO. The molecule has 5 nitrogen and oxygen atoms in total. The maximum Gasteiger partial charge on any atom is 0.499 e. The molecule has 2 N–H and O–H groups in total. The number of phosphoric acid groups is 1. The number of phosphoric ester groups is 1. The molecule has 0 aliphatic carbocycles. The Labute approximate surface area is 110 Å². The summed E-state index contributed by atoms with van der Waals surface area (Å²) < 4.78 is 18.5. The van der Waals surface area contributed by atoms with Gasteiger partial charge < -0.3 is 4.89 Å². The van der Waals surface area contributed by atoms with Crippen LogP contribution >= 0.6 is 7.82 Å². The molecule has 0 saturated heterocycles. The molecule has 110 valence electrons. The predicted octanol–water partition coefficient (Wildman–Crippen LogP) is 4.51. The van der Waals surface area contributed by atoms with Gasteiger partial charge in [0, 0.05) is 0 Å². The zero-order valence-electron chi connectivity index (χ0n) is 11.3. The van der Waals surface area contributed by atoms with Crippen molar-refractivity contribution in [2.24, 2.45) is 0 Å². The van der Waals surface area contributed by atoms with Crippen LogP contribution in [0.1, 0.15) is 71.1 Å². The van der Waals surface area contributed by atoms with Crippen molar-refractivity contribution in [2.45, 2.75) is 71.1 Å². The van der Waals surface area contributed by atoms with E-state index in [-0.39, 0.29) is 6.61 Å². The zero-order valence-corrected chi connectivity index (χ0v) is 12.2. The first-order chi connectivity index (χ1) is 8.62. The van der Waals surface area contributed by atoms with Crippen molar-refractivity contribution >= 4 is 7.82 Å². The van der Waals surface area contributed by atoms with E-state index in [4.69, 9.17) is 10.2 Å². The molecule has 0 amide bonds. The van der Waals surface area contributed by atoms with Crippen molar-refractivity contribution in [1.82, 2.24) is 0 Å². The highest BCUT2D eigenvalue weighted by molar-refractivity contribution is 7.47. The van der Waals surface area contributed by atoms with E-state index >= 15 is 0 Å². The summed E-state index contributed by atoms with van der Waals surface area (Å²) in [6.07, 6.45) is 11.9. The van der Waals surface area contributed by atoms with Crippen LogP contribution in [0.2, 0.25) is 0 Å². The summed E-state index contributed by atoms with van der Waals surface area (Å²) in [7, 11) is -4.19. The third-order valence-corrected chi connectivity index (χ3v) is 3.57. The first-order valence-corrected chi connectivity index (χ1v) is 8.42. The summed E-state index contributed by atoms with van der Waals surface area (Å²) in [5.74, 6) is 0. The fraction of sp³-hybridized carbons (Fsp3) is 1.00. The fourth-order valence-corrected chi connectivity index (χ4v) is 2.20. The lowest BCUT2D eigenvalue weighted by molar-refractivity contribution is -0.162. The highest BCUT2D eigenvalue weighted by atomic mass is 31.2. The second-order valence-corrected chi connectivity index (χ2v) is 5.92. The minimum atomic E-state index is -4.19. The average molecular weight is 282 g/mol. The first-order valence-electron chi connectivity index (χ1n) is 6.93. The molecule has 0 aromatic carbocycles. The summed E-state index contributed by atoms with van der Waals surface area (Å²) >= 11 is 0. The van der Waals surface area contributed by atoms with Gasteiger partial charge in [0.15, 0.2) is 0 Å². The molecule has 0 fully saturated rings. The van der Waals surface area contributed by atoms with Crippen molar-refractivity contribution in [2.75, 3.05) is 6.61 Å². The molecule has 0 aromatic heterocycles. The number of hydrogen-bond donors (Lipinski definition) is 2. The molecule has 0 rings (SSSR count). The van der Waals surface area contributed by atoms with Crippen molar-refractivity contribution < 1.29 is 23.9 Å². The van der Waals surface area contributed by atoms with Crippen molar-refractivity contribution in [1.29, 1.82) is 0 Å². The fourth-order valence-electron chi connectivity index (χ4n) is 1.79. The van der Waals surface area contributed by atoms with Crippen molar-refractivity contribution in [3.63, 3.8) is 0 Å². The predicted molar refractivity (Wildman–Crippen MR) is 71.3 cm³/mol. The van der Waals surface area contributed by atoms with Gasteiger partial charge >= 0.3 is 7.82 Å². The van der Waals surface area contributed by atoms with E-state index in [9.17, 15) is 4.57 Å². The van der Waals surface area contributed by atoms with E-state index in [0.29, 0.717) is 6.42 Å². The van der Waals surface area contributed by atoms with Crippen LogP contribution in [0.3, 0.4) is 0 Å². The highest BCUT2D eigenvalue weighted by Gasteiger charge is 2.19. The Bertz CT molecular complexity index is 223. The van der Waals surface area contributed by atoms with E-state index in [2.05, 4.69) is 16.1 Å². The topological polar surface area (TPSA) is 76.0 Å². The van der Waals surface area contributed by atoms with E-state index in [1.807, 2.05) is 0 Å². The normalized spacial score (nSPS) is 14.6. The summed E-state index contributed by atoms with van der Waals surface area (Å²) in [6, 6.07) is 0. The van der Waals surface area contributed by atoms with Gasteiger partial charge in [-0.2, -0.15) is 0 Å². The van der Waals surface area contributed by atoms with E-state index in [0.717, 1.165) is 12.8 Å². The van der Waals surface area contributed by atoms with Gasteiger partial charge in [-0.15, -0.1) is 4.67 Å². The standard InChI is InChI=1S/C12H27O5P/c1-2-3-4-5-6-7-8-9-10-11-12-16-18(14,15)17-13/h13H,2-12H2,1H3,(H,14,15). The lowest BCUT2D eigenvalue weighted by Crippen LogP contribution is -1.94. The second-order valence-electron chi connectivity index (χ2n) is 4.57. The van der Waals surface area contributed by atoms with Crippen LogP contribution in [0.4, 0.5) is 0 Å². The molecular formula is C12H27O5P. The van der Waals surface area contributed by atoms with Crippen LogP contribution in [0.25, 0.3) is 0 Å². The van der Waals surface area contributed by atoms with Gasteiger partial charge in [-0.25, -0.2) is 9.82 Å². The van der Waals surface area contributed by atoms with Gasteiger partial charge in [0.1, 0.15) is 0 Å². The van der Waals surface area contributed by atoms with Crippen LogP contribution in [-0.2, 0) is 13.8 Å². The van der Waals surface area contributed by atoms with Crippen LogP contribution < -0.4 is 0 Å². The second kappa shape index (κ2) is 12.1. The van der Waals surface area contributed by atoms with Gasteiger partial charge in [0.2, 0.25) is 0 Å². The van der Waals surface area contributed by atoms with Gasteiger partial charge in [0.25, 0.3) is 0 Å². The van der Waals surface area contributed by atoms with Gasteiger partial charge in [-0.3, -0.25) is 4.52 Å². The Kier molecular flexibility index (Phi) is 12.2. The summed E-state index contributed by atoms with van der Waals surface area (Å²) in [6.45, 7) is 2.36. The van der Waals surface area contributed by atoms with Crippen LogP contribution in [-0.4, -0.2) is 16.8 Å². The van der Waals surface area contributed by atoms with Crippen LogP contribution in [0.5, 0.6) is 0 Å². The minimum Gasteiger partial charge on any atom is -0.301 e. The van der Waals surface area contributed by atoms with Gasteiger partial charge in [0.05, 0.1) is 6.61 Å². The molecule has 1 unspecified atom stereocenters. The molecule has 0 heterocycles. The maximum absolute atomic E-state index is 10.7. The van der Waals surface area contributed by atoms with Crippen LogP contribution in [0, 0.1) is 0 Å². The van der Waals surface area contributed by atoms with Gasteiger partial charge in [-0.1, -0.05) is 64.7 Å². The summed E-state index contributed by atoms with van der Waals surface area (Å²) in [5.41, 5.74) is 0. The summed E-state index contributed by atoms with van der Waals surface area (Å²) in [5, 5.41) is 8.02. The zero-order chi connectivity index (χ0) is 13.7. The molecule has 0 bridgehead atoms. The largest absolute Gasteiger partial charge is 0.499 e. The lowest BCUT2D eigenvalue weighted by Gasteiger charge is -2.07. The molecule has 1 atom stereocenters. The smallest absolute Gasteiger partial charge is 0.301 e. The maximum atomic E-state index is 10.7.